The predicted octanol–water partition coefficient (Wildman–Crippen LogP) is 0.549. The minimum atomic E-state index is 0.0312. The summed E-state index contributed by atoms with van der Waals surface area (Å²) in [5.74, 6) is 4.89. The summed E-state index contributed by atoms with van der Waals surface area (Å²) >= 11 is 0. The summed E-state index contributed by atoms with van der Waals surface area (Å²) in [6, 6.07) is 0. The first-order valence-corrected chi connectivity index (χ1v) is 2.93. The van der Waals surface area contributed by atoms with Crippen LogP contribution in [-0.4, -0.2) is 20.3 Å². The molecule has 0 aliphatic rings. The Balaban J connectivity index is 3.43. The van der Waals surface area contributed by atoms with E-state index >= 15 is 0 Å². The van der Waals surface area contributed by atoms with Crippen molar-refractivity contribution in [3.63, 3.8) is 0 Å². The third-order valence-corrected chi connectivity index (χ3v) is 1.01. The average Bonchev–Trinajstić information content (AvgIpc) is 1.64. The van der Waals surface area contributed by atoms with Gasteiger partial charge < -0.3 is 9.57 Å². The summed E-state index contributed by atoms with van der Waals surface area (Å²) in [4.78, 5) is 4.48. The van der Waals surface area contributed by atoms with Gasteiger partial charge in [-0.2, -0.15) is 0 Å². The van der Waals surface area contributed by atoms with Gasteiger partial charge in [0.2, 0.25) is 0 Å². The normalized spacial score (nSPS) is 12.0. The molecule has 0 aliphatic carbocycles. The molecular formula is C6H15NO2. The second-order valence-electron chi connectivity index (χ2n) is 2.91. The lowest BCUT2D eigenvalue weighted by atomic mass is 9.97. The number of methoxy groups -OCH3 is 1. The number of ether oxygens (including phenoxy) is 1. The molecule has 3 nitrogen and oxygen atoms in total. The SMILES string of the molecule is COCC(C)(C)CON. The quantitative estimate of drug-likeness (QED) is 0.569. The molecule has 0 saturated heterocycles. The van der Waals surface area contributed by atoms with Crippen molar-refractivity contribution in [1.29, 1.82) is 0 Å². The fraction of sp³-hybridized carbons (Fsp3) is 1.00. The highest BCUT2D eigenvalue weighted by Crippen LogP contribution is 2.13. The zero-order valence-electron chi connectivity index (χ0n) is 6.31. The van der Waals surface area contributed by atoms with Crippen molar-refractivity contribution in [3.05, 3.63) is 0 Å². The number of nitrogens with two attached hydrogens (primary N) is 1. The van der Waals surface area contributed by atoms with E-state index in [1.54, 1.807) is 7.11 Å². The van der Waals surface area contributed by atoms with Crippen molar-refractivity contribution in [3.8, 4) is 0 Å². The molecule has 9 heavy (non-hydrogen) atoms. The molecule has 0 aliphatic heterocycles. The molecule has 2 N–H and O–H groups in total. The van der Waals surface area contributed by atoms with Crippen LogP contribution in [0.2, 0.25) is 0 Å². The average molecular weight is 133 g/mol. The molecular weight excluding hydrogens is 118 g/mol. The van der Waals surface area contributed by atoms with Crippen LogP contribution in [0.15, 0.2) is 0 Å². The minimum absolute atomic E-state index is 0.0312. The molecule has 0 unspecified atom stereocenters. The molecule has 0 rings (SSSR count). The van der Waals surface area contributed by atoms with E-state index in [1.807, 2.05) is 13.8 Å². The molecule has 0 radical (unpaired) electrons. The molecule has 56 valence electrons. The van der Waals surface area contributed by atoms with Gasteiger partial charge in [-0.1, -0.05) is 13.8 Å². The number of hydrogen-bond acceptors (Lipinski definition) is 3. The Bertz CT molecular complexity index is 65.5. The fourth-order valence-corrected chi connectivity index (χ4v) is 0.658. The Morgan fingerprint density at radius 2 is 1.89 bits per heavy atom. The standard InChI is InChI=1S/C6H15NO2/c1-6(2,4-8-3)5-9-7/h4-5,7H2,1-3H3. The molecule has 0 atom stereocenters. The van der Waals surface area contributed by atoms with Gasteiger partial charge in [0.1, 0.15) is 0 Å². The fourth-order valence-electron chi connectivity index (χ4n) is 0.658. The van der Waals surface area contributed by atoms with Crippen molar-refractivity contribution in [2.24, 2.45) is 11.3 Å². The van der Waals surface area contributed by atoms with Crippen molar-refractivity contribution in [1.82, 2.24) is 0 Å². The van der Waals surface area contributed by atoms with Crippen LogP contribution in [0.4, 0.5) is 0 Å². The second-order valence-corrected chi connectivity index (χ2v) is 2.91. The number of rotatable bonds is 4. The first-order chi connectivity index (χ1) is 4.12. The van der Waals surface area contributed by atoms with Gasteiger partial charge in [-0.05, 0) is 0 Å². The van der Waals surface area contributed by atoms with Crippen molar-refractivity contribution >= 4 is 0 Å². The van der Waals surface area contributed by atoms with Gasteiger partial charge in [0.15, 0.2) is 0 Å². The molecule has 0 aromatic rings. The Hall–Kier alpha value is -0.120. The van der Waals surface area contributed by atoms with Gasteiger partial charge in [-0.3, -0.25) is 0 Å². The van der Waals surface area contributed by atoms with Crippen molar-refractivity contribution in [2.45, 2.75) is 13.8 Å². The lowest BCUT2D eigenvalue weighted by Crippen LogP contribution is -2.26. The third kappa shape index (κ3) is 4.39. The molecule has 0 aromatic carbocycles. The van der Waals surface area contributed by atoms with Crippen LogP contribution in [0.1, 0.15) is 13.8 Å². The highest BCUT2D eigenvalue weighted by atomic mass is 16.6. The maximum absolute atomic E-state index is 4.92. The predicted molar refractivity (Wildman–Crippen MR) is 35.8 cm³/mol. The van der Waals surface area contributed by atoms with Crippen molar-refractivity contribution < 1.29 is 9.57 Å². The lowest BCUT2D eigenvalue weighted by molar-refractivity contribution is 0.0122. The highest BCUT2D eigenvalue weighted by molar-refractivity contribution is 4.65. The first kappa shape index (κ1) is 8.88. The van der Waals surface area contributed by atoms with Gasteiger partial charge in [-0.15, -0.1) is 0 Å². The molecule has 0 aromatic heterocycles. The summed E-state index contributed by atoms with van der Waals surface area (Å²) in [6.45, 7) is 5.26. The monoisotopic (exact) mass is 133 g/mol. The number of hydrogen-bond donors (Lipinski definition) is 1. The second kappa shape index (κ2) is 3.82. The summed E-state index contributed by atoms with van der Waals surface area (Å²) in [5.41, 5.74) is 0.0312. The summed E-state index contributed by atoms with van der Waals surface area (Å²) in [5, 5.41) is 0. The zero-order chi connectivity index (χ0) is 7.33. The van der Waals surface area contributed by atoms with Crippen LogP contribution in [-0.2, 0) is 9.57 Å². The van der Waals surface area contributed by atoms with Gasteiger partial charge >= 0.3 is 0 Å². The van der Waals surface area contributed by atoms with Gasteiger partial charge in [0, 0.05) is 12.5 Å². The molecule has 0 heterocycles. The van der Waals surface area contributed by atoms with Crippen LogP contribution in [0, 0.1) is 5.41 Å². The highest BCUT2D eigenvalue weighted by Gasteiger charge is 2.16. The Morgan fingerprint density at radius 3 is 2.22 bits per heavy atom. The van der Waals surface area contributed by atoms with Gasteiger partial charge in [0.25, 0.3) is 0 Å². The maximum atomic E-state index is 4.92. The van der Waals surface area contributed by atoms with Gasteiger partial charge in [-0.25, -0.2) is 5.90 Å². The topological polar surface area (TPSA) is 44.5 Å². The van der Waals surface area contributed by atoms with Crippen LogP contribution in [0.3, 0.4) is 0 Å². The third-order valence-electron chi connectivity index (χ3n) is 1.01. The van der Waals surface area contributed by atoms with Crippen LogP contribution in [0.25, 0.3) is 0 Å². The molecule has 0 bridgehead atoms. The lowest BCUT2D eigenvalue weighted by Gasteiger charge is -2.21. The molecule has 0 amide bonds. The Kier molecular flexibility index (Phi) is 3.77. The maximum Gasteiger partial charge on any atom is 0.0752 e. The largest absolute Gasteiger partial charge is 0.384 e. The molecule has 3 heteroatoms. The molecule has 0 fully saturated rings. The van der Waals surface area contributed by atoms with E-state index in [2.05, 4.69) is 4.84 Å². The Labute approximate surface area is 56.1 Å². The van der Waals surface area contributed by atoms with Crippen LogP contribution in [0.5, 0.6) is 0 Å². The Morgan fingerprint density at radius 1 is 1.33 bits per heavy atom. The van der Waals surface area contributed by atoms with E-state index in [0.717, 1.165) is 0 Å². The van der Waals surface area contributed by atoms with Gasteiger partial charge in [0.05, 0.1) is 13.2 Å². The smallest absolute Gasteiger partial charge is 0.0752 e. The van der Waals surface area contributed by atoms with E-state index in [4.69, 9.17) is 10.6 Å². The van der Waals surface area contributed by atoms with E-state index in [9.17, 15) is 0 Å². The van der Waals surface area contributed by atoms with Crippen LogP contribution >= 0.6 is 0 Å². The van der Waals surface area contributed by atoms with E-state index in [-0.39, 0.29) is 5.41 Å². The summed E-state index contributed by atoms with van der Waals surface area (Å²) < 4.78 is 4.92. The molecule has 0 saturated carbocycles. The first-order valence-electron chi connectivity index (χ1n) is 2.93. The summed E-state index contributed by atoms with van der Waals surface area (Å²) in [7, 11) is 1.66. The van der Waals surface area contributed by atoms with Crippen LogP contribution < -0.4 is 5.90 Å². The van der Waals surface area contributed by atoms with E-state index < -0.39 is 0 Å². The van der Waals surface area contributed by atoms with Crippen molar-refractivity contribution in [2.75, 3.05) is 20.3 Å². The zero-order valence-corrected chi connectivity index (χ0v) is 6.31. The van der Waals surface area contributed by atoms with E-state index in [1.165, 1.54) is 0 Å². The minimum Gasteiger partial charge on any atom is -0.384 e. The summed E-state index contributed by atoms with van der Waals surface area (Å²) in [6.07, 6.45) is 0. The molecule has 0 spiro atoms. The van der Waals surface area contributed by atoms with E-state index in [0.29, 0.717) is 13.2 Å².